The predicted octanol–water partition coefficient (Wildman–Crippen LogP) is 1.46. The van der Waals surface area contributed by atoms with Crippen LogP contribution in [-0.2, 0) is 14.3 Å². The summed E-state index contributed by atoms with van der Waals surface area (Å²) >= 11 is 0. The van der Waals surface area contributed by atoms with Gasteiger partial charge in [-0.25, -0.2) is 0 Å². The first-order chi connectivity index (χ1) is 9.63. The number of amides is 2. The second kappa shape index (κ2) is 7.18. The monoisotopic (exact) mass is 282 g/mol. The predicted molar refractivity (Wildman–Crippen MR) is 76.2 cm³/mol. The molecular weight excluding hydrogens is 256 g/mol. The Bertz CT molecular complexity index is 353. The first kappa shape index (κ1) is 15.4. The molecular formula is C15H26N2O3. The van der Waals surface area contributed by atoms with Crippen molar-refractivity contribution in [3.05, 3.63) is 0 Å². The number of imide groups is 1. The summed E-state index contributed by atoms with van der Waals surface area (Å²) in [4.78, 5) is 26.0. The minimum atomic E-state index is -0.354. The van der Waals surface area contributed by atoms with Crippen molar-refractivity contribution in [3.63, 3.8) is 0 Å². The van der Waals surface area contributed by atoms with Gasteiger partial charge in [-0.05, 0) is 26.7 Å². The van der Waals surface area contributed by atoms with E-state index in [0.29, 0.717) is 19.6 Å². The molecule has 1 saturated heterocycles. The third kappa shape index (κ3) is 3.58. The quantitative estimate of drug-likeness (QED) is 0.749. The lowest BCUT2D eigenvalue weighted by molar-refractivity contribution is -0.142. The highest BCUT2D eigenvalue weighted by Gasteiger charge is 2.42. The Morgan fingerprint density at radius 3 is 2.65 bits per heavy atom. The molecule has 2 fully saturated rings. The molecule has 5 heteroatoms. The molecule has 20 heavy (non-hydrogen) atoms. The number of nitrogens with one attached hydrogen (secondary N) is 1. The van der Waals surface area contributed by atoms with Crippen LogP contribution in [0.25, 0.3) is 0 Å². The Morgan fingerprint density at radius 1 is 1.30 bits per heavy atom. The van der Waals surface area contributed by atoms with Crippen LogP contribution in [0.15, 0.2) is 0 Å². The van der Waals surface area contributed by atoms with E-state index >= 15 is 0 Å². The van der Waals surface area contributed by atoms with E-state index in [2.05, 4.69) is 5.32 Å². The third-order valence-corrected chi connectivity index (χ3v) is 4.23. The van der Waals surface area contributed by atoms with Gasteiger partial charge >= 0.3 is 0 Å². The summed E-state index contributed by atoms with van der Waals surface area (Å²) in [5, 5.41) is 3.18. The van der Waals surface area contributed by atoms with Gasteiger partial charge in [-0.15, -0.1) is 0 Å². The molecule has 114 valence electrons. The number of likely N-dealkylation sites (tertiary alicyclic amines) is 1. The van der Waals surface area contributed by atoms with Crippen molar-refractivity contribution in [2.24, 2.45) is 0 Å². The van der Waals surface area contributed by atoms with Crippen LogP contribution in [0.1, 0.15) is 52.4 Å². The van der Waals surface area contributed by atoms with E-state index in [1.807, 2.05) is 13.8 Å². The fourth-order valence-corrected chi connectivity index (χ4v) is 3.19. The van der Waals surface area contributed by atoms with Gasteiger partial charge < -0.3 is 10.1 Å². The van der Waals surface area contributed by atoms with Crippen LogP contribution < -0.4 is 5.32 Å². The fraction of sp³-hybridized carbons (Fsp3) is 0.867. The Balaban J connectivity index is 1.87. The summed E-state index contributed by atoms with van der Waals surface area (Å²) in [6.07, 6.45) is 5.78. The molecule has 1 aliphatic carbocycles. The van der Waals surface area contributed by atoms with Gasteiger partial charge in [0.2, 0.25) is 11.8 Å². The fourth-order valence-electron chi connectivity index (χ4n) is 3.19. The highest BCUT2D eigenvalue weighted by atomic mass is 16.5. The summed E-state index contributed by atoms with van der Waals surface area (Å²) in [7, 11) is 0. The molecule has 2 atom stereocenters. The first-order valence-electron chi connectivity index (χ1n) is 7.84. The zero-order valence-corrected chi connectivity index (χ0v) is 12.6. The molecule has 0 aromatic carbocycles. The number of nitrogens with zero attached hydrogens (tertiary/aromatic N) is 1. The molecule has 1 N–H and O–H groups in total. The van der Waals surface area contributed by atoms with E-state index in [1.54, 1.807) is 0 Å². The maximum Gasteiger partial charge on any atom is 0.247 e. The maximum absolute atomic E-state index is 12.4. The van der Waals surface area contributed by atoms with Gasteiger partial charge in [0.05, 0.1) is 18.6 Å². The van der Waals surface area contributed by atoms with Crippen molar-refractivity contribution in [2.45, 2.75) is 70.6 Å². The van der Waals surface area contributed by atoms with Crippen molar-refractivity contribution in [1.29, 1.82) is 0 Å². The highest BCUT2D eigenvalue weighted by Crippen LogP contribution is 2.27. The number of carbonyl (C=O) groups excluding carboxylic acids is 2. The van der Waals surface area contributed by atoms with Crippen LogP contribution >= 0.6 is 0 Å². The van der Waals surface area contributed by atoms with Gasteiger partial charge in [-0.1, -0.05) is 19.3 Å². The number of ether oxygens (including phenoxy) is 1. The largest absolute Gasteiger partial charge is 0.377 e. The van der Waals surface area contributed by atoms with Gasteiger partial charge in [-0.3, -0.25) is 14.5 Å². The molecule has 0 spiro atoms. The minimum absolute atomic E-state index is 0.0107. The van der Waals surface area contributed by atoms with Crippen LogP contribution in [-0.4, -0.2) is 48.1 Å². The van der Waals surface area contributed by atoms with Gasteiger partial charge in [0.1, 0.15) is 0 Å². The standard InChI is InChI=1S/C15H26N2O3/c1-3-20-11(2)10-16-13-9-14(18)17(15(13)19)12-7-5-4-6-8-12/h11-13,16H,3-10H2,1-2H3. The van der Waals surface area contributed by atoms with Crippen molar-refractivity contribution in [1.82, 2.24) is 10.2 Å². The lowest BCUT2D eigenvalue weighted by Gasteiger charge is -2.29. The van der Waals surface area contributed by atoms with Crippen molar-refractivity contribution < 1.29 is 14.3 Å². The van der Waals surface area contributed by atoms with E-state index in [0.717, 1.165) is 25.7 Å². The molecule has 1 aliphatic heterocycles. The summed E-state index contributed by atoms with van der Waals surface area (Å²) in [5.74, 6) is -0.0472. The molecule has 2 rings (SSSR count). The van der Waals surface area contributed by atoms with Gasteiger partial charge in [0.25, 0.3) is 0 Å². The molecule has 1 heterocycles. The third-order valence-electron chi connectivity index (χ3n) is 4.23. The zero-order valence-electron chi connectivity index (χ0n) is 12.6. The maximum atomic E-state index is 12.4. The van der Waals surface area contributed by atoms with Crippen molar-refractivity contribution >= 4 is 11.8 Å². The number of carbonyl (C=O) groups is 2. The second-order valence-electron chi connectivity index (χ2n) is 5.82. The molecule has 0 aromatic rings. The van der Waals surface area contributed by atoms with Crippen LogP contribution in [0.3, 0.4) is 0 Å². The molecule has 0 radical (unpaired) electrons. The Morgan fingerprint density at radius 2 is 2.00 bits per heavy atom. The normalized spacial score (nSPS) is 26.3. The minimum Gasteiger partial charge on any atom is -0.377 e. The lowest BCUT2D eigenvalue weighted by atomic mass is 9.94. The van der Waals surface area contributed by atoms with Crippen LogP contribution in [0.4, 0.5) is 0 Å². The van der Waals surface area contributed by atoms with Gasteiger partial charge in [-0.2, -0.15) is 0 Å². The van der Waals surface area contributed by atoms with Crippen LogP contribution in [0.2, 0.25) is 0 Å². The van der Waals surface area contributed by atoms with E-state index in [1.165, 1.54) is 11.3 Å². The summed E-state index contributed by atoms with van der Waals surface area (Å²) < 4.78 is 5.43. The van der Waals surface area contributed by atoms with Crippen LogP contribution in [0.5, 0.6) is 0 Å². The van der Waals surface area contributed by atoms with E-state index in [9.17, 15) is 9.59 Å². The first-order valence-corrected chi connectivity index (χ1v) is 7.84. The average molecular weight is 282 g/mol. The Kier molecular flexibility index (Phi) is 5.54. The zero-order chi connectivity index (χ0) is 14.5. The molecule has 2 aliphatic rings. The smallest absolute Gasteiger partial charge is 0.247 e. The number of rotatable bonds is 6. The Hall–Kier alpha value is -0.940. The number of hydrogen-bond donors (Lipinski definition) is 1. The van der Waals surface area contributed by atoms with E-state index in [-0.39, 0.29) is 30.0 Å². The van der Waals surface area contributed by atoms with Gasteiger partial charge in [0.15, 0.2) is 0 Å². The molecule has 1 saturated carbocycles. The second-order valence-corrected chi connectivity index (χ2v) is 5.82. The highest BCUT2D eigenvalue weighted by molar-refractivity contribution is 6.05. The summed E-state index contributed by atoms with van der Waals surface area (Å²) in [5.41, 5.74) is 0. The van der Waals surface area contributed by atoms with Crippen molar-refractivity contribution in [3.8, 4) is 0 Å². The Labute approximate surface area is 121 Å². The molecule has 0 aromatic heterocycles. The van der Waals surface area contributed by atoms with E-state index < -0.39 is 0 Å². The lowest BCUT2D eigenvalue weighted by Crippen LogP contribution is -2.45. The van der Waals surface area contributed by atoms with E-state index in [4.69, 9.17) is 4.74 Å². The molecule has 5 nitrogen and oxygen atoms in total. The SMILES string of the molecule is CCOC(C)CNC1CC(=O)N(C2CCCCC2)C1=O. The van der Waals surface area contributed by atoms with Crippen LogP contribution in [0, 0.1) is 0 Å². The summed E-state index contributed by atoms with van der Waals surface area (Å²) in [6.45, 7) is 5.19. The van der Waals surface area contributed by atoms with Crippen molar-refractivity contribution in [2.75, 3.05) is 13.2 Å². The van der Waals surface area contributed by atoms with Gasteiger partial charge in [0, 0.05) is 19.2 Å². The molecule has 2 unspecified atom stereocenters. The number of hydrogen-bond acceptors (Lipinski definition) is 4. The summed E-state index contributed by atoms with van der Waals surface area (Å²) in [6, 6.07) is -0.216. The molecule has 0 bridgehead atoms. The average Bonchev–Trinajstić information content (AvgIpc) is 2.72. The molecule has 2 amide bonds. The topological polar surface area (TPSA) is 58.6 Å².